The van der Waals surface area contributed by atoms with Crippen LogP contribution in [0, 0.1) is 0 Å². The maximum absolute atomic E-state index is 5.72. The van der Waals surface area contributed by atoms with E-state index in [9.17, 15) is 0 Å². The second kappa shape index (κ2) is 8.85. The number of aromatic nitrogens is 2. The lowest BCUT2D eigenvalue weighted by Gasteiger charge is -2.17. The van der Waals surface area contributed by atoms with Gasteiger partial charge in [-0.2, -0.15) is 0 Å². The molecule has 4 rings (SSSR count). The average molecular weight is 374 g/mol. The molecule has 0 aliphatic carbocycles. The van der Waals surface area contributed by atoms with Crippen molar-refractivity contribution in [2.24, 2.45) is 0 Å². The fraction of sp³-hybridized carbons (Fsp3) is 0.304. The summed E-state index contributed by atoms with van der Waals surface area (Å²) >= 11 is 0. The molecule has 28 heavy (non-hydrogen) atoms. The Balaban J connectivity index is 1.57. The van der Waals surface area contributed by atoms with E-state index in [1.54, 1.807) is 0 Å². The first-order valence-electron chi connectivity index (χ1n) is 9.89. The Morgan fingerprint density at radius 1 is 1.00 bits per heavy atom. The molecule has 5 nitrogen and oxygen atoms in total. The van der Waals surface area contributed by atoms with Gasteiger partial charge in [0.05, 0.1) is 6.10 Å². The van der Waals surface area contributed by atoms with Gasteiger partial charge in [-0.3, -0.25) is 0 Å². The topological polar surface area (TPSA) is 59.1 Å². The van der Waals surface area contributed by atoms with Crippen molar-refractivity contribution in [1.82, 2.24) is 9.97 Å². The molecule has 1 saturated heterocycles. The molecule has 144 valence electrons. The highest BCUT2D eigenvalue weighted by Gasteiger charge is 2.16. The molecule has 2 atom stereocenters. The van der Waals surface area contributed by atoms with Crippen LogP contribution < -0.4 is 10.6 Å². The lowest BCUT2D eigenvalue weighted by molar-refractivity contribution is 0.120. The predicted molar refractivity (Wildman–Crippen MR) is 113 cm³/mol. The van der Waals surface area contributed by atoms with E-state index in [1.165, 1.54) is 5.56 Å². The van der Waals surface area contributed by atoms with Gasteiger partial charge >= 0.3 is 0 Å². The largest absolute Gasteiger partial charge is 0.376 e. The summed E-state index contributed by atoms with van der Waals surface area (Å²) in [6, 6.07) is 22.6. The number of anilines is 2. The highest BCUT2D eigenvalue weighted by Crippen LogP contribution is 2.24. The number of benzene rings is 2. The maximum atomic E-state index is 5.72. The molecule has 1 aliphatic rings. The summed E-state index contributed by atoms with van der Waals surface area (Å²) in [5.74, 6) is 2.33. The molecule has 1 aliphatic heterocycles. The summed E-state index contributed by atoms with van der Waals surface area (Å²) < 4.78 is 5.72. The van der Waals surface area contributed by atoms with Crippen molar-refractivity contribution < 1.29 is 4.74 Å². The molecule has 2 N–H and O–H groups in total. The Morgan fingerprint density at radius 2 is 1.71 bits per heavy atom. The van der Waals surface area contributed by atoms with Gasteiger partial charge in [-0.15, -0.1) is 0 Å². The van der Waals surface area contributed by atoms with Crippen LogP contribution in [0.4, 0.5) is 11.6 Å². The summed E-state index contributed by atoms with van der Waals surface area (Å²) in [6.07, 6.45) is 2.49. The number of rotatable bonds is 7. The molecule has 0 amide bonds. The Bertz CT molecular complexity index is 880. The van der Waals surface area contributed by atoms with Gasteiger partial charge in [-0.1, -0.05) is 60.7 Å². The molecule has 3 aromatic rings. The minimum Gasteiger partial charge on any atom is -0.376 e. The van der Waals surface area contributed by atoms with Gasteiger partial charge in [0.25, 0.3) is 0 Å². The highest BCUT2D eigenvalue weighted by molar-refractivity contribution is 5.61. The van der Waals surface area contributed by atoms with Gasteiger partial charge in [0.1, 0.15) is 11.6 Å². The quantitative estimate of drug-likeness (QED) is 0.615. The second-order valence-electron chi connectivity index (χ2n) is 7.12. The minimum atomic E-state index is 0.144. The number of nitrogens with zero attached hydrogens (tertiary/aromatic N) is 2. The third kappa shape index (κ3) is 4.67. The third-order valence-corrected chi connectivity index (χ3v) is 4.96. The Hall–Kier alpha value is -2.92. The molecule has 0 bridgehead atoms. The molecule has 2 aromatic carbocycles. The van der Waals surface area contributed by atoms with Crippen LogP contribution >= 0.6 is 0 Å². The smallest absolute Gasteiger partial charge is 0.163 e. The van der Waals surface area contributed by atoms with Crippen molar-refractivity contribution in [3.05, 3.63) is 72.3 Å². The van der Waals surface area contributed by atoms with Gasteiger partial charge in [0.15, 0.2) is 5.82 Å². The summed E-state index contributed by atoms with van der Waals surface area (Å²) in [5.41, 5.74) is 2.22. The number of hydrogen-bond acceptors (Lipinski definition) is 5. The summed E-state index contributed by atoms with van der Waals surface area (Å²) in [5, 5.41) is 6.95. The van der Waals surface area contributed by atoms with Crippen LogP contribution in [0.1, 0.15) is 31.4 Å². The van der Waals surface area contributed by atoms with E-state index in [1.807, 2.05) is 42.5 Å². The van der Waals surface area contributed by atoms with Crippen LogP contribution in [-0.2, 0) is 4.74 Å². The minimum absolute atomic E-state index is 0.144. The lowest BCUT2D eigenvalue weighted by atomic mass is 10.1. The highest BCUT2D eigenvalue weighted by atomic mass is 16.5. The number of hydrogen-bond donors (Lipinski definition) is 2. The van der Waals surface area contributed by atoms with Crippen LogP contribution in [0.15, 0.2) is 66.7 Å². The molecule has 1 aromatic heterocycles. The molecule has 5 heteroatoms. The van der Waals surface area contributed by atoms with Crippen molar-refractivity contribution >= 4 is 11.6 Å². The van der Waals surface area contributed by atoms with Crippen molar-refractivity contribution in [2.75, 3.05) is 23.8 Å². The molecule has 2 unspecified atom stereocenters. The predicted octanol–water partition coefficient (Wildman–Crippen LogP) is 4.91. The molecule has 0 saturated carbocycles. The zero-order chi connectivity index (χ0) is 19.2. The average Bonchev–Trinajstić information content (AvgIpc) is 3.27. The first-order valence-corrected chi connectivity index (χ1v) is 9.89. The van der Waals surface area contributed by atoms with Crippen LogP contribution in [0.5, 0.6) is 0 Å². The maximum Gasteiger partial charge on any atom is 0.163 e. The molecule has 0 spiro atoms. The van der Waals surface area contributed by atoms with Crippen LogP contribution in [0.25, 0.3) is 11.4 Å². The van der Waals surface area contributed by atoms with E-state index >= 15 is 0 Å². The van der Waals surface area contributed by atoms with Gasteiger partial charge in [0.2, 0.25) is 0 Å². The van der Waals surface area contributed by atoms with Crippen molar-refractivity contribution in [3.8, 4) is 11.4 Å². The summed E-state index contributed by atoms with van der Waals surface area (Å²) in [7, 11) is 0. The fourth-order valence-corrected chi connectivity index (χ4v) is 3.40. The SMILES string of the molecule is CC(Nc1cc(NCC2CCCO2)nc(-c2ccccc2)n1)c1ccccc1. The second-order valence-corrected chi connectivity index (χ2v) is 7.12. The first kappa shape index (κ1) is 18.4. The standard InChI is InChI=1S/C23H26N4O/c1-17(18-9-4-2-5-10-18)25-22-15-21(24-16-20-13-8-14-28-20)26-23(27-22)19-11-6-3-7-12-19/h2-7,9-12,15,17,20H,8,13-14,16H2,1H3,(H2,24,25,26,27). The third-order valence-electron chi connectivity index (χ3n) is 4.96. The monoisotopic (exact) mass is 374 g/mol. The summed E-state index contributed by atoms with van der Waals surface area (Å²) in [4.78, 5) is 9.48. The van der Waals surface area contributed by atoms with Gasteiger partial charge < -0.3 is 15.4 Å². The van der Waals surface area contributed by atoms with Gasteiger partial charge in [-0.25, -0.2) is 9.97 Å². The number of nitrogens with one attached hydrogen (secondary N) is 2. The van der Waals surface area contributed by atoms with Crippen LogP contribution in [0.3, 0.4) is 0 Å². The van der Waals surface area contributed by atoms with E-state index < -0.39 is 0 Å². The molecule has 0 radical (unpaired) electrons. The Kier molecular flexibility index (Phi) is 5.83. The molecular formula is C23H26N4O. The lowest BCUT2D eigenvalue weighted by Crippen LogP contribution is -2.19. The summed E-state index contributed by atoms with van der Waals surface area (Å²) in [6.45, 7) is 3.75. The van der Waals surface area contributed by atoms with Crippen molar-refractivity contribution in [2.45, 2.75) is 31.9 Å². The first-order chi connectivity index (χ1) is 13.8. The molecule has 2 heterocycles. The van der Waals surface area contributed by atoms with E-state index in [0.717, 1.165) is 43.2 Å². The molecular weight excluding hydrogens is 348 g/mol. The van der Waals surface area contributed by atoms with Crippen LogP contribution in [0.2, 0.25) is 0 Å². The zero-order valence-corrected chi connectivity index (χ0v) is 16.1. The van der Waals surface area contributed by atoms with Crippen LogP contribution in [-0.4, -0.2) is 29.2 Å². The zero-order valence-electron chi connectivity index (χ0n) is 16.1. The van der Waals surface area contributed by atoms with E-state index in [4.69, 9.17) is 14.7 Å². The Morgan fingerprint density at radius 3 is 2.43 bits per heavy atom. The van der Waals surface area contributed by atoms with Gasteiger partial charge in [0, 0.05) is 30.8 Å². The van der Waals surface area contributed by atoms with Gasteiger partial charge in [-0.05, 0) is 25.3 Å². The van der Waals surface area contributed by atoms with Crippen molar-refractivity contribution in [1.29, 1.82) is 0 Å². The van der Waals surface area contributed by atoms with E-state index in [0.29, 0.717) is 5.82 Å². The van der Waals surface area contributed by atoms with E-state index in [-0.39, 0.29) is 12.1 Å². The van der Waals surface area contributed by atoms with Crippen molar-refractivity contribution in [3.63, 3.8) is 0 Å². The fourth-order valence-electron chi connectivity index (χ4n) is 3.40. The Labute approximate surface area is 166 Å². The number of ether oxygens (including phenoxy) is 1. The normalized spacial score (nSPS) is 17.2. The van der Waals surface area contributed by atoms with E-state index in [2.05, 4.69) is 41.8 Å². The molecule has 1 fully saturated rings.